The molecule has 0 fully saturated rings. The third-order valence-corrected chi connectivity index (χ3v) is 4.91. The highest BCUT2D eigenvalue weighted by Crippen LogP contribution is 2.37. The first-order valence-electron chi connectivity index (χ1n) is 8.65. The lowest BCUT2D eigenvalue weighted by Gasteiger charge is -2.27. The van der Waals surface area contributed by atoms with E-state index in [0.29, 0.717) is 22.2 Å². The predicted octanol–water partition coefficient (Wildman–Crippen LogP) is 4.70. The number of nitrogens with zero attached hydrogens (tertiary/aromatic N) is 2. The third-order valence-electron chi connectivity index (χ3n) is 4.91. The van der Waals surface area contributed by atoms with Gasteiger partial charge in [0.1, 0.15) is 0 Å². The smallest absolute Gasteiger partial charge is 0.265 e. The summed E-state index contributed by atoms with van der Waals surface area (Å²) in [7, 11) is 0. The van der Waals surface area contributed by atoms with Crippen molar-refractivity contribution in [2.75, 3.05) is 4.90 Å². The quantitative estimate of drug-likeness (QED) is 0.492. The topological polar surface area (TPSA) is 50.3 Å². The minimum Gasteiger partial charge on any atom is -0.268 e. The zero-order valence-electron chi connectivity index (χ0n) is 14.3. The van der Waals surface area contributed by atoms with Gasteiger partial charge in [-0.2, -0.15) is 0 Å². The summed E-state index contributed by atoms with van der Waals surface area (Å²) in [4.78, 5) is 31.6. The molecular formula is C23H14N2O2. The van der Waals surface area contributed by atoms with Crippen molar-refractivity contribution in [2.45, 2.75) is 0 Å². The lowest BCUT2D eigenvalue weighted by atomic mass is 9.89. The van der Waals surface area contributed by atoms with Gasteiger partial charge >= 0.3 is 0 Å². The van der Waals surface area contributed by atoms with Crippen LogP contribution in [0.15, 0.2) is 85.2 Å². The molecule has 0 aliphatic carbocycles. The molecule has 3 aromatic carbocycles. The van der Waals surface area contributed by atoms with Gasteiger partial charge in [-0.1, -0.05) is 36.4 Å². The molecule has 2 amide bonds. The van der Waals surface area contributed by atoms with Gasteiger partial charge in [0.15, 0.2) is 0 Å². The van der Waals surface area contributed by atoms with Crippen LogP contribution in [-0.2, 0) is 0 Å². The van der Waals surface area contributed by atoms with E-state index in [0.717, 1.165) is 16.5 Å². The van der Waals surface area contributed by atoms with E-state index in [-0.39, 0.29) is 11.8 Å². The fourth-order valence-electron chi connectivity index (χ4n) is 3.69. The van der Waals surface area contributed by atoms with Crippen LogP contribution in [0.1, 0.15) is 20.7 Å². The van der Waals surface area contributed by atoms with Crippen molar-refractivity contribution in [2.24, 2.45) is 0 Å². The highest BCUT2D eigenvalue weighted by molar-refractivity contribution is 6.36. The van der Waals surface area contributed by atoms with Crippen LogP contribution >= 0.6 is 0 Å². The Hall–Kier alpha value is -3.79. The number of para-hydroxylation sites is 1. The summed E-state index contributed by atoms with van der Waals surface area (Å²) in [6.07, 6.45) is 3.47. The number of amides is 2. The second-order valence-electron chi connectivity index (χ2n) is 6.41. The summed E-state index contributed by atoms with van der Waals surface area (Å²) in [6.45, 7) is 0. The van der Waals surface area contributed by atoms with E-state index >= 15 is 0 Å². The van der Waals surface area contributed by atoms with Crippen LogP contribution in [-0.4, -0.2) is 16.8 Å². The number of imide groups is 1. The van der Waals surface area contributed by atoms with Gasteiger partial charge in [-0.25, -0.2) is 4.90 Å². The maximum absolute atomic E-state index is 13.2. The van der Waals surface area contributed by atoms with Gasteiger partial charge in [0.25, 0.3) is 11.8 Å². The fourth-order valence-corrected chi connectivity index (χ4v) is 3.69. The average Bonchev–Trinajstić information content (AvgIpc) is 2.73. The SMILES string of the molecule is O=C1c2cccc3c(-c4ccncc4)ccc(c23)C(=O)N1c1ccccc1. The molecule has 128 valence electrons. The maximum atomic E-state index is 13.2. The van der Waals surface area contributed by atoms with Crippen molar-refractivity contribution in [3.63, 3.8) is 0 Å². The van der Waals surface area contributed by atoms with E-state index in [1.165, 1.54) is 4.90 Å². The summed E-state index contributed by atoms with van der Waals surface area (Å²) >= 11 is 0. The number of aromatic nitrogens is 1. The van der Waals surface area contributed by atoms with Crippen molar-refractivity contribution >= 4 is 28.3 Å². The summed E-state index contributed by atoms with van der Waals surface area (Å²) < 4.78 is 0. The number of carbonyl (C=O) groups is 2. The number of hydrogen-bond donors (Lipinski definition) is 0. The van der Waals surface area contributed by atoms with Crippen molar-refractivity contribution < 1.29 is 9.59 Å². The zero-order valence-corrected chi connectivity index (χ0v) is 14.3. The molecule has 27 heavy (non-hydrogen) atoms. The van der Waals surface area contributed by atoms with Crippen LogP contribution in [0.3, 0.4) is 0 Å². The highest BCUT2D eigenvalue weighted by atomic mass is 16.2. The number of carbonyl (C=O) groups excluding carboxylic acids is 2. The Kier molecular flexibility index (Phi) is 3.37. The lowest BCUT2D eigenvalue weighted by Crippen LogP contribution is -2.40. The number of rotatable bonds is 2. The molecule has 0 saturated carbocycles. The Bertz CT molecular complexity index is 1180. The molecular weight excluding hydrogens is 336 g/mol. The first kappa shape index (κ1) is 15.5. The van der Waals surface area contributed by atoms with E-state index in [4.69, 9.17) is 0 Å². The summed E-state index contributed by atoms with van der Waals surface area (Å²) in [5, 5.41) is 1.61. The first-order valence-corrected chi connectivity index (χ1v) is 8.65. The predicted molar refractivity (Wildman–Crippen MR) is 105 cm³/mol. The Labute approximate surface area is 155 Å². The molecule has 0 radical (unpaired) electrons. The van der Waals surface area contributed by atoms with Crippen LogP contribution in [0.4, 0.5) is 5.69 Å². The standard InChI is InChI=1S/C23H14N2O2/c26-22-19-8-4-7-18-17(15-11-13-24-14-12-15)9-10-20(21(18)19)23(27)25(22)16-5-2-1-3-6-16/h1-14H. The molecule has 0 bridgehead atoms. The van der Waals surface area contributed by atoms with Crippen molar-refractivity contribution in [3.05, 3.63) is 96.3 Å². The molecule has 2 heterocycles. The van der Waals surface area contributed by atoms with E-state index in [1.807, 2.05) is 54.6 Å². The number of anilines is 1. The van der Waals surface area contributed by atoms with Crippen LogP contribution < -0.4 is 4.90 Å². The van der Waals surface area contributed by atoms with Gasteiger partial charge in [-0.05, 0) is 52.9 Å². The second kappa shape index (κ2) is 5.88. The Morgan fingerprint density at radius 2 is 1.30 bits per heavy atom. The van der Waals surface area contributed by atoms with Gasteiger partial charge in [0.05, 0.1) is 5.69 Å². The maximum Gasteiger partial charge on any atom is 0.265 e. The molecule has 4 aromatic rings. The molecule has 4 heteroatoms. The molecule has 0 atom stereocenters. The van der Waals surface area contributed by atoms with Crippen LogP contribution in [0.2, 0.25) is 0 Å². The summed E-state index contributed by atoms with van der Waals surface area (Å²) in [5.74, 6) is -0.590. The molecule has 0 N–H and O–H groups in total. The van der Waals surface area contributed by atoms with Crippen molar-refractivity contribution in [1.82, 2.24) is 4.98 Å². The van der Waals surface area contributed by atoms with Crippen molar-refractivity contribution in [1.29, 1.82) is 0 Å². The number of pyridine rings is 1. The Balaban J connectivity index is 1.78. The number of hydrogen-bond acceptors (Lipinski definition) is 3. The van der Waals surface area contributed by atoms with Gasteiger partial charge < -0.3 is 0 Å². The lowest BCUT2D eigenvalue weighted by molar-refractivity contribution is 0.0893. The van der Waals surface area contributed by atoms with Gasteiger partial charge in [0, 0.05) is 28.9 Å². The molecule has 0 unspecified atom stereocenters. The van der Waals surface area contributed by atoms with E-state index in [2.05, 4.69) is 4.98 Å². The van der Waals surface area contributed by atoms with Gasteiger partial charge in [-0.15, -0.1) is 0 Å². The van der Waals surface area contributed by atoms with Crippen LogP contribution in [0.5, 0.6) is 0 Å². The summed E-state index contributed by atoms with van der Waals surface area (Å²) in [6, 6.07) is 22.2. The molecule has 1 aliphatic rings. The first-order chi connectivity index (χ1) is 13.3. The Morgan fingerprint density at radius 1 is 0.630 bits per heavy atom. The minimum atomic E-state index is -0.295. The molecule has 1 aliphatic heterocycles. The number of benzene rings is 3. The molecule has 0 saturated heterocycles. The van der Waals surface area contributed by atoms with Gasteiger partial charge in [-0.3, -0.25) is 14.6 Å². The molecule has 0 spiro atoms. The van der Waals surface area contributed by atoms with E-state index in [9.17, 15) is 9.59 Å². The molecule has 4 nitrogen and oxygen atoms in total. The van der Waals surface area contributed by atoms with E-state index < -0.39 is 0 Å². The third kappa shape index (κ3) is 2.27. The molecule has 1 aromatic heterocycles. The highest BCUT2D eigenvalue weighted by Gasteiger charge is 2.34. The monoisotopic (exact) mass is 350 g/mol. The normalized spacial score (nSPS) is 13.3. The van der Waals surface area contributed by atoms with E-state index in [1.54, 1.807) is 30.6 Å². The second-order valence-corrected chi connectivity index (χ2v) is 6.41. The summed E-state index contributed by atoms with van der Waals surface area (Å²) in [5.41, 5.74) is 3.64. The van der Waals surface area contributed by atoms with Crippen LogP contribution in [0.25, 0.3) is 21.9 Å². The average molecular weight is 350 g/mol. The van der Waals surface area contributed by atoms with Gasteiger partial charge in [0.2, 0.25) is 0 Å². The van der Waals surface area contributed by atoms with Crippen molar-refractivity contribution in [3.8, 4) is 11.1 Å². The Morgan fingerprint density at radius 3 is 2.04 bits per heavy atom. The fraction of sp³-hybridized carbons (Fsp3) is 0. The molecule has 5 rings (SSSR count). The zero-order chi connectivity index (χ0) is 18.4. The largest absolute Gasteiger partial charge is 0.268 e. The van der Waals surface area contributed by atoms with Crippen LogP contribution in [0, 0.1) is 0 Å². The minimum absolute atomic E-state index is 0.295.